The van der Waals surface area contributed by atoms with E-state index in [0.717, 1.165) is 51.3 Å². The van der Waals surface area contributed by atoms with Gasteiger partial charge in [-0.25, -0.2) is 9.78 Å². The number of carbonyl (C=O) groups excluding carboxylic acids is 1. The van der Waals surface area contributed by atoms with Gasteiger partial charge >= 0.3 is 5.69 Å². The number of rotatable bonds is 7. The SMILES string of the molecule is Cn1c(N)c(C(=O)CSc2nc3sc4c(c3c(=O)n2CCc2ccccc2)CCC4)c(=O)n(C)c1=O. The number of nitrogens with zero attached hydrogens (tertiary/aromatic N) is 4. The summed E-state index contributed by atoms with van der Waals surface area (Å²) >= 11 is 2.65. The second-order valence-corrected chi connectivity index (χ2v) is 10.8. The lowest BCUT2D eigenvalue weighted by atomic mass is 10.1. The summed E-state index contributed by atoms with van der Waals surface area (Å²) in [6.45, 7) is 0.413. The third kappa shape index (κ3) is 4.11. The molecule has 1 aromatic carbocycles. The summed E-state index contributed by atoms with van der Waals surface area (Å²) in [5.41, 5.74) is 6.49. The predicted octanol–water partition coefficient (Wildman–Crippen LogP) is 2.14. The number of thiophene rings is 1. The van der Waals surface area contributed by atoms with Crippen molar-refractivity contribution in [3.8, 4) is 0 Å². The summed E-state index contributed by atoms with van der Waals surface area (Å²) in [5, 5.41) is 1.12. The lowest BCUT2D eigenvalue weighted by molar-refractivity contribution is 0.102. The molecule has 0 saturated carbocycles. The van der Waals surface area contributed by atoms with E-state index in [1.807, 2.05) is 30.3 Å². The van der Waals surface area contributed by atoms with Gasteiger partial charge in [0.25, 0.3) is 11.1 Å². The van der Waals surface area contributed by atoms with Crippen LogP contribution in [0.2, 0.25) is 0 Å². The molecule has 5 rings (SSSR count). The van der Waals surface area contributed by atoms with Gasteiger partial charge in [0.05, 0.1) is 11.1 Å². The van der Waals surface area contributed by atoms with Crippen molar-refractivity contribution < 1.29 is 4.79 Å². The number of nitrogens with two attached hydrogens (primary N) is 1. The van der Waals surface area contributed by atoms with Gasteiger partial charge < -0.3 is 5.73 Å². The molecule has 0 bridgehead atoms. The van der Waals surface area contributed by atoms with Gasteiger partial charge in [0.15, 0.2) is 10.9 Å². The molecule has 0 atom stereocenters. The van der Waals surface area contributed by atoms with E-state index in [1.54, 1.807) is 15.9 Å². The number of nitrogen functional groups attached to an aromatic ring is 1. The molecular weight excluding hydrogens is 498 g/mol. The highest BCUT2D eigenvalue weighted by atomic mass is 32.2. The Morgan fingerprint density at radius 3 is 2.58 bits per heavy atom. The van der Waals surface area contributed by atoms with E-state index in [-0.39, 0.29) is 22.7 Å². The molecule has 1 aliphatic carbocycles. The van der Waals surface area contributed by atoms with Crippen LogP contribution in [0.4, 0.5) is 5.82 Å². The van der Waals surface area contributed by atoms with Gasteiger partial charge in [-0.15, -0.1) is 11.3 Å². The van der Waals surface area contributed by atoms with Gasteiger partial charge in [-0.3, -0.25) is 28.1 Å². The normalized spacial score (nSPS) is 12.8. The zero-order valence-electron chi connectivity index (χ0n) is 19.9. The van der Waals surface area contributed by atoms with Crippen molar-refractivity contribution >= 4 is 44.9 Å². The number of aromatic nitrogens is 4. The molecule has 0 unspecified atom stereocenters. The topological polar surface area (TPSA) is 122 Å². The number of hydrogen-bond donors (Lipinski definition) is 1. The first-order chi connectivity index (χ1) is 17.3. The second-order valence-electron chi connectivity index (χ2n) is 8.80. The van der Waals surface area contributed by atoms with Crippen LogP contribution in [0.5, 0.6) is 0 Å². The van der Waals surface area contributed by atoms with Crippen molar-refractivity contribution in [2.24, 2.45) is 14.1 Å². The Balaban J connectivity index is 1.52. The summed E-state index contributed by atoms with van der Waals surface area (Å²) in [6.07, 6.45) is 3.51. The highest BCUT2D eigenvalue weighted by Gasteiger charge is 2.25. The van der Waals surface area contributed by atoms with Gasteiger partial charge in [0.2, 0.25) is 0 Å². The van der Waals surface area contributed by atoms with Crippen molar-refractivity contribution in [3.63, 3.8) is 0 Å². The van der Waals surface area contributed by atoms with Gasteiger partial charge in [0.1, 0.15) is 16.2 Å². The first kappa shape index (κ1) is 24.3. The van der Waals surface area contributed by atoms with E-state index in [0.29, 0.717) is 28.3 Å². The molecule has 0 amide bonds. The zero-order valence-corrected chi connectivity index (χ0v) is 21.6. The van der Waals surface area contributed by atoms with Crippen LogP contribution < -0.4 is 22.5 Å². The molecule has 9 nitrogen and oxygen atoms in total. The largest absolute Gasteiger partial charge is 0.384 e. The quantitative estimate of drug-likeness (QED) is 0.224. The van der Waals surface area contributed by atoms with Gasteiger partial charge in [-0.05, 0) is 36.8 Å². The monoisotopic (exact) mass is 523 g/mol. The molecule has 0 spiro atoms. The third-order valence-corrected chi connectivity index (χ3v) is 8.74. The third-order valence-electron chi connectivity index (χ3n) is 6.58. The van der Waals surface area contributed by atoms with Crippen LogP contribution in [-0.4, -0.2) is 30.2 Å². The predicted molar refractivity (Wildman–Crippen MR) is 142 cm³/mol. The molecular formula is C25H25N5O4S2. The summed E-state index contributed by atoms with van der Waals surface area (Å²) < 4.78 is 3.58. The molecule has 36 heavy (non-hydrogen) atoms. The Morgan fingerprint density at radius 2 is 1.83 bits per heavy atom. The van der Waals surface area contributed by atoms with Crippen LogP contribution in [0.1, 0.15) is 32.8 Å². The maximum absolute atomic E-state index is 13.7. The van der Waals surface area contributed by atoms with Crippen LogP contribution in [-0.2, 0) is 39.9 Å². The van der Waals surface area contributed by atoms with Crippen molar-refractivity contribution in [1.29, 1.82) is 0 Å². The Hall–Kier alpha value is -3.44. The van der Waals surface area contributed by atoms with E-state index in [4.69, 9.17) is 10.7 Å². The average Bonchev–Trinajstić information content (AvgIpc) is 3.46. The molecule has 3 aromatic heterocycles. The van der Waals surface area contributed by atoms with E-state index in [2.05, 4.69) is 0 Å². The first-order valence-electron chi connectivity index (χ1n) is 11.6. The number of thioether (sulfide) groups is 1. The molecule has 3 heterocycles. The number of aryl methyl sites for hydroxylation is 3. The van der Waals surface area contributed by atoms with Gasteiger partial charge in [-0.1, -0.05) is 42.1 Å². The second kappa shape index (κ2) is 9.55. The molecule has 4 aromatic rings. The number of hydrogen-bond acceptors (Lipinski definition) is 8. The van der Waals surface area contributed by atoms with Crippen LogP contribution in [0.15, 0.2) is 49.9 Å². The van der Waals surface area contributed by atoms with Crippen molar-refractivity contribution in [2.45, 2.75) is 37.4 Å². The van der Waals surface area contributed by atoms with Crippen LogP contribution in [0, 0.1) is 0 Å². The molecule has 186 valence electrons. The molecule has 0 radical (unpaired) electrons. The van der Waals surface area contributed by atoms with Crippen molar-refractivity contribution in [3.05, 3.63) is 83.1 Å². The minimum atomic E-state index is -0.735. The molecule has 2 N–H and O–H groups in total. The number of Topliss-reactive ketones (excluding diaryl/α,β-unsaturated/α-hetero) is 1. The van der Waals surface area contributed by atoms with Crippen molar-refractivity contribution in [1.82, 2.24) is 18.7 Å². The number of benzene rings is 1. The van der Waals surface area contributed by atoms with E-state index in [9.17, 15) is 19.2 Å². The number of anilines is 1. The van der Waals surface area contributed by atoms with Gasteiger partial charge in [-0.2, -0.15) is 0 Å². The highest BCUT2D eigenvalue weighted by Crippen LogP contribution is 2.35. The van der Waals surface area contributed by atoms with Crippen LogP contribution in [0.25, 0.3) is 10.2 Å². The van der Waals surface area contributed by atoms with Crippen LogP contribution >= 0.6 is 23.1 Å². The maximum Gasteiger partial charge on any atom is 0.332 e. The Bertz CT molecular complexity index is 1680. The minimum absolute atomic E-state index is 0.0946. The molecule has 0 fully saturated rings. The summed E-state index contributed by atoms with van der Waals surface area (Å²) in [4.78, 5) is 58.2. The maximum atomic E-state index is 13.7. The number of ketones is 1. The minimum Gasteiger partial charge on any atom is -0.384 e. The fourth-order valence-electron chi connectivity index (χ4n) is 4.58. The fourth-order valence-corrected chi connectivity index (χ4v) is 6.78. The molecule has 0 saturated heterocycles. The summed E-state index contributed by atoms with van der Waals surface area (Å²) in [7, 11) is 2.72. The Labute approximate surface area is 214 Å². The van der Waals surface area contributed by atoms with Crippen LogP contribution in [0.3, 0.4) is 0 Å². The zero-order chi connectivity index (χ0) is 25.6. The van der Waals surface area contributed by atoms with E-state index >= 15 is 0 Å². The standard InChI is InChI=1S/C25H25N5O4S2/c1-28-20(26)19(22(32)29(2)25(28)34)16(31)13-35-24-27-21-18(15-9-6-10-17(15)36-21)23(33)30(24)12-11-14-7-4-3-5-8-14/h3-5,7-8H,6,9-13,26H2,1-2H3. The van der Waals surface area contributed by atoms with Gasteiger partial charge in [0, 0.05) is 25.5 Å². The Morgan fingerprint density at radius 1 is 1.08 bits per heavy atom. The number of fused-ring (bicyclic) bond motifs is 3. The Kier molecular flexibility index (Phi) is 6.44. The lowest BCUT2D eigenvalue weighted by Crippen LogP contribution is -2.41. The molecule has 1 aliphatic rings. The average molecular weight is 524 g/mol. The molecule has 0 aliphatic heterocycles. The van der Waals surface area contributed by atoms with Crippen molar-refractivity contribution in [2.75, 3.05) is 11.5 Å². The fraction of sp³-hybridized carbons (Fsp3) is 0.320. The van der Waals surface area contributed by atoms with E-state index < -0.39 is 17.0 Å². The highest BCUT2D eigenvalue weighted by molar-refractivity contribution is 7.99. The lowest BCUT2D eigenvalue weighted by Gasteiger charge is -2.13. The number of carbonyl (C=O) groups is 1. The molecule has 11 heteroatoms. The first-order valence-corrected chi connectivity index (χ1v) is 13.4. The summed E-state index contributed by atoms with van der Waals surface area (Å²) in [5.74, 6) is -0.842. The smallest absolute Gasteiger partial charge is 0.332 e. The summed E-state index contributed by atoms with van der Waals surface area (Å²) in [6, 6.07) is 9.87. The van der Waals surface area contributed by atoms with E-state index in [1.165, 1.54) is 19.0 Å².